The maximum Gasteiger partial charge on any atom is 0.411 e. The van der Waals surface area contributed by atoms with E-state index in [1.807, 2.05) is 13.8 Å². The molecule has 32 heavy (non-hydrogen) atoms. The van der Waals surface area contributed by atoms with Gasteiger partial charge in [-0.25, -0.2) is 13.2 Å². The van der Waals surface area contributed by atoms with Crippen molar-refractivity contribution >= 4 is 33.4 Å². The SMILES string of the molecule is CC(C)COC(=O)Nc1cccc(NC(=O)C2CCN(S(=O)(=O)c3ccccc3)CC2)c1. The molecule has 8 nitrogen and oxygen atoms in total. The number of anilines is 2. The monoisotopic (exact) mass is 459 g/mol. The lowest BCUT2D eigenvalue weighted by atomic mass is 9.97. The van der Waals surface area contributed by atoms with Crippen molar-refractivity contribution in [3.63, 3.8) is 0 Å². The first-order valence-corrected chi connectivity index (χ1v) is 12.1. The van der Waals surface area contributed by atoms with E-state index in [0.717, 1.165) is 0 Å². The van der Waals surface area contributed by atoms with Crippen LogP contribution in [0.2, 0.25) is 0 Å². The van der Waals surface area contributed by atoms with Crippen molar-refractivity contribution < 1.29 is 22.7 Å². The Morgan fingerprint density at radius 2 is 1.62 bits per heavy atom. The minimum atomic E-state index is -3.55. The number of rotatable bonds is 7. The standard InChI is InChI=1S/C23H29N3O5S/c1-17(2)16-31-23(28)25-20-8-6-7-19(15-20)24-22(27)18-11-13-26(14-12-18)32(29,30)21-9-4-3-5-10-21/h3-10,15,17-18H,11-14,16H2,1-2H3,(H,24,27)(H,25,28). The predicted molar refractivity (Wildman–Crippen MR) is 123 cm³/mol. The number of benzene rings is 2. The first-order chi connectivity index (χ1) is 15.3. The number of nitrogens with zero attached hydrogens (tertiary/aromatic N) is 1. The molecule has 2 N–H and O–H groups in total. The van der Waals surface area contributed by atoms with Gasteiger partial charge >= 0.3 is 6.09 Å². The van der Waals surface area contributed by atoms with Gasteiger partial charge in [-0.05, 0) is 49.1 Å². The van der Waals surface area contributed by atoms with Gasteiger partial charge in [0.25, 0.3) is 0 Å². The van der Waals surface area contributed by atoms with E-state index in [-0.39, 0.29) is 22.6 Å². The summed E-state index contributed by atoms with van der Waals surface area (Å²) in [5.74, 6) is -0.216. The topological polar surface area (TPSA) is 105 Å². The normalized spacial score (nSPS) is 15.3. The number of carbonyl (C=O) groups is 2. The van der Waals surface area contributed by atoms with Gasteiger partial charge in [-0.15, -0.1) is 0 Å². The van der Waals surface area contributed by atoms with Crippen molar-refractivity contribution in [2.75, 3.05) is 30.3 Å². The van der Waals surface area contributed by atoms with Crippen molar-refractivity contribution in [2.24, 2.45) is 11.8 Å². The molecule has 0 spiro atoms. The lowest BCUT2D eigenvalue weighted by Gasteiger charge is -2.30. The molecule has 1 saturated heterocycles. The second kappa shape index (κ2) is 10.6. The number of ether oxygens (including phenoxy) is 1. The Bertz CT molecular complexity index is 1030. The molecule has 2 aromatic rings. The molecule has 1 aliphatic rings. The van der Waals surface area contributed by atoms with E-state index in [4.69, 9.17) is 4.74 Å². The van der Waals surface area contributed by atoms with Gasteiger partial charge in [0, 0.05) is 30.4 Å². The summed E-state index contributed by atoms with van der Waals surface area (Å²) in [4.78, 5) is 24.8. The molecule has 2 aromatic carbocycles. The zero-order chi connectivity index (χ0) is 23.1. The summed E-state index contributed by atoms with van der Waals surface area (Å²) >= 11 is 0. The molecule has 1 heterocycles. The summed E-state index contributed by atoms with van der Waals surface area (Å²) < 4.78 is 32.0. The smallest absolute Gasteiger partial charge is 0.411 e. The molecule has 172 valence electrons. The molecule has 0 aromatic heterocycles. The molecular weight excluding hydrogens is 430 g/mol. The first kappa shape index (κ1) is 23.7. The van der Waals surface area contributed by atoms with Gasteiger partial charge in [0.1, 0.15) is 0 Å². The second-order valence-corrected chi connectivity index (χ2v) is 10.1. The third-order valence-corrected chi connectivity index (χ3v) is 7.04. The van der Waals surface area contributed by atoms with Gasteiger partial charge in [0.15, 0.2) is 0 Å². The van der Waals surface area contributed by atoms with Crippen LogP contribution < -0.4 is 10.6 Å². The van der Waals surface area contributed by atoms with E-state index in [2.05, 4.69) is 10.6 Å². The Balaban J connectivity index is 1.53. The van der Waals surface area contributed by atoms with Crippen LogP contribution in [0.1, 0.15) is 26.7 Å². The molecule has 9 heteroatoms. The highest BCUT2D eigenvalue weighted by Crippen LogP contribution is 2.25. The lowest BCUT2D eigenvalue weighted by Crippen LogP contribution is -2.41. The predicted octanol–water partition coefficient (Wildman–Crippen LogP) is 3.93. The Hall–Kier alpha value is -2.91. The fraction of sp³-hybridized carbons (Fsp3) is 0.391. The molecule has 0 bridgehead atoms. The minimum Gasteiger partial charge on any atom is -0.449 e. The summed E-state index contributed by atoms with van der Waals surface area (Å²) in [7, 11) is -3.55. The van der Waals surface area contributed by atoms with Crippen molar-refractivity contribution in [1.29, 1.82) is 0 Å². The number of sulfonamides is 1. The highest BCUT2D eigenvalue weighted by Gasteiger charge is 2.32. The van der Waals surface area contributed by atoms with Crippen LogP contribution in [0, 0.1) is 11.8 Å². The maximum absolute atomic E-state index is 12.7. The number of carbonyl (C=O) groups excluding carboxylic acids is 2. The highest BCUT2D eigenvalue weighted by molar-refractivity contribution is 7.89. The van der Waals surface area contributed by atoms with Crippen molar-refractivity contribution in [1.82, 2.24) is 4.31 Å². The molecule has 2 amide bonds. The molecule has 0 saturated carbocycles. The molecule has 0 unspecified atom stereocenters. The van der Waals surface area contributed by atoms with Gasteiger partial charge in [-0.2, -0.15) is 4.31 Å². The Morgan fingerprint density at radius 1 is 1.00 bits per heavy atom. The maximum atomic E-state index is 12.7. The van der Waals surface area contributed by atoms with E-state index in [1.165, 1.54) is 4.31 Å². The summed E-state index contributed by atoms with van der Waals surface area (Å²) in [5, 5.41) is 5.50. The summed E-state index contributed by atoms with van der Waals surface area (Å²) in [6, 6.07) is 15.1. The largest absolute Gasteiger partial charge is 0.449 e. The average Bonchev–Trinajstić information content (AvgIpc) is 2.78. The van der Waals surface area contributed by atoms with Crippen LogP contribution in [0.4, 0.5) is 16.2 Å². The Morgan fingerprint density at radius 3 is 2.25 bits per heavy atom. The van der Waals surface area contributed by atoms with E-state index >= 15 is 0 Å². The van der Waals surface area contributed by atoms with Gasteiger partial charge < -0.3 is 10.1 Å². The molecule has 0 atom stereocenters. The van der Waals surface area contributed by atoms with Gasteiger partial charge in [-0.3, -0.25) is 10.1 Å². The number of amides is 2. The fourth-order valence-corrected chi connectivity index (χ4v) is 4.91. The molecule has 0 radical (unpaired) electrons. The van der Waals surface area contributed by atoms with E-state index in [9.17, 15) is 18.0 Å². The zero-order valence-corrected chi connectivity index (χ0v) is 19.1. The van der Waals surface area contributed by atoms with Crippen LogP contribution in [0.15, 0.2) is 59.5 Å². The van der Waals surface area contributed by atoms with Crippen molar-refractivity contribution in [3.8, 4) is 0 Å². The van der Waals surface area contributed by atoms with Crippen LogP contribution in [-0.4, -0.2) is 44.4 Å². The molecule has 1 aliphatic heterocycles. The van der Waals surface area contributed by atoms with Crippen LogP contribution >= 0.6 is 0 Å². The first-order valence-electron chi connectivity index (χ1n) is 10.7. The summed E-state index contributed by atoms with van der Waals surface area (Å²) in [5.41, 5.74) is 1.07. The van der Waals surface area contributed by atoms with Gasteiger partial charge in [0.05, 0.1) is 11.5 Å². The van der Waals surface area contributed by atoms with Crippen molar-refractivity contribution in [2.45, 2.75) is 31.6 Å². The number of nitrogens with one attached hydrogen (secondary N) is 2. The van der Waals surface area contributed by atoms with Crippen LogP contribution in [-0.2, 0) is 19.6 Å². The Labute approximate surface area is 189 Å². The Kier molecular flexibility index (Phi) is 7.87. The third kappa shape index (κ3) is 6.30. The summed E-state index contributed by atoms with van der Waals surface area (Å²) in [6.07, 6.45) is 0.337. The van der Waals surface area contributed by atoms with Crippen LogP contribution in [0.25, 0.3) is 0 Å². The number of hydrogen-bond acceptors (Lipinski definition) is 5. The quantitative estimate of drug-likeness (QED) is 0.653. The van der Waals surface area contributed by atoms with E-state index in [1.54, 1.807) is 54.6 Å². The molecule has 0 aliphatic carbocycles. The zero-order valence-electron chi connectivity index (χ0n) is 18.3. The van der Waals surface area contributed by atoms with Crippen LogP contribution in [0.5, 0.6) is 0 Å². The molecule has 1 fully saturated rings. The lowest BCUT2D eigenvalue weighted by molar-refractivity contribution is -0.120. The highest BCUT2D eigenvalue weighted by atomic mass is 32.2. The fourth-order valence-electron chi connectivity index (χ4n) is 3.42. The van der Waals surface area contributed by atoms with Crippen molar-refractivity contribution in [3.05, 3.63) is 54.6 Å². The van der Waals surface area contributed by atoms with Crippen LogP contribution in [0.3, 0.4) is 0 Å². The van der Waals surface area contributed by atoms with E-state index < -0.39 is 16.1 Å². The molecule has 3 rings (SSSR count). The van der Waals surface area contributed by atoms with Gasteiger partial charge in [-0.1, -0.05) is 38.1 Å². The van der Waals surface area contributed by atoms with Gasteiger partial charge in [0.2, 0.25) is 15.9 Å². The second-order valence-electron chi connectivity index (χ2n) is 8.18. The number of hydrogen-bond donors (Lipinski definition) is 2. The number of piperidine rings is 1. The minimum absolute atomic E-state index is 0.165. The summed E-state index contributed by atoms with van der Waals surface area (Å²) in [6.45, 7) is 4.80. The third-order valence-electron chi connectivity index (χ3n) is 5.13. The molecular formula is C23H29N3O5S. The average molecular weight is 460 g/mol. The van der Waals surface area contributed by atoms with E-state index in [0.29, 0.717) is 43.9 Å².